The van der Waals surface area contributed by atoms with E-state index in [-0.39, 0.29) is 42.8 Å². The standard InChI is InChI=1S/C42H51N5O5/c1-29-25-47(30(2)28-48)42(51)34-15-12-18-37(45-40(50)20-9-5-8-19-39(49)44-36-17-11-10-16-35(36)43)41(34)52-38(29)27-46(3)26-31-21-23-33(24-22-31)32-13-6-4-7-14-32/h4,6-7,10-18,21-24,29-30,38,48H,5,8-9,19-20,25-28,43H2,1-3H3,(H,44,49)(H,45,50)/t29-,30-,38+/m0/s1. The Hall–Kier alpha value is -5.19. The Morgan fingerprint density at radius 1 is 0.865 bits per heavy atom. The second-order valence-corrected chi connectivity index (χ2v) is 13.8. The Labute approximate surface area is 307 Å². The number of hydrogen-bond donors (Lipinski definition) is 4. The number of unbranched alkanes of at least 4 members (excludes halogenated alkanes) is 2. The summed E-state index contributed by atoms with van der Waals surface area (Å²) in [6, 6.07) is 30.8. The summed E-state index contributed by atoms with van der Waals surface area (Å²) in [5.74, 6) is -0.306. The number of anilines is 3. The molecule has 0 saturated heterocycles. The molecule has 0 aliphatic carbocycles. The van der Waals surface area contributed by atoms with Crippen molar-refractivity contribution >= 4 is 34.8 Å². The van der Waals surface area contributed by atoms with Gasteiger partial charge in [-0.05, 0) is 67.8 Å². The van der Waals surface area contributed by atoms with Crippen LogP contribution in [0.25, 0.3) is 11.1 Å². The van der Waals surface area contributed by atoms with Gasteiger partial charge in [0.1, 0.15) is 6.10 Å². The van der Waals surface area contributed by atoms with E-state index < -0.39 is 6.04 Å². The van der Waals surface area contributed by atoms with E-state index in [0.29, 0.717) is 73.7 Å². The lowest BCUT2D eigenvalue weighted by Crippen LogP contribution is -2.49. The van der Waals surface area contributed by atoms with E-state index in [1.54, 1.807) is 35.2 Å². The van der Waals surface area contributed by atoms with Gasteiger partial charge in [-0.2, -0.15) is 0 Å². The molecule has 1 aliphatic rings. The number of aliphatic hydroxyl groups excluding tert-OH is 1. The zero-order valence-corrected chi connectivity index (χ0v) is 30.4. The molecule has 5 rings (SSSR count). The topological polar surface area (TPSA) is 137 Å². The summed E-state index contributed by atoms with van der Waals surface area (Å²) in [4.78, 5) is 43.3. The molecule has 0 unspecified atom stereocenters. The summed E-state index contributed by atoms with van der Waals surface area (Å²) in [6.45, 7) is 5.40. The lowest BCUT2D eigenvalue weighted by atomic mass is 9.98. The van der Waals surface area contributed by atoms with Crippen molar-refractivity contribution in [2.75, 3.05) is 43.1 Å². The Morgan fingerprint density at radius 2 is 1.48 bits per heavy atom. The number of ether oxygens (including phenoxy) is 1. The molecule has 0 spiro atoms. The second-order valence-electron chi connectivity index (χ2n) is 13.8. The molecule has 0 bridgehead atoms. The molecule has 1 aliphatic heterocycles. The van der Waals surface area contributed by atoms with Crippen molar-refractivity contribution in [3.63, 3.8) is 0 Å². The summed E-state index contributed by atoms with van der Waals surface area (Å²) < 4.78 is 6.71. The fraction of sp³-hybridized carbons (Fsp3) is 0.357. The van der Waals surface area contributed by atoms with Crippen LogP contribution in [0.2, 0.25) is 0 Å². The molecule has 0 saturated carbocycles. The van der Waals surface area contributed by atoms with Gasteiger partial charge in [0, 0.05) is 38.4 Å². The number of rotatable bonds is 15. The maximum absolute atomic E-state index is 13.9. The van der Waals surface area contributed by atoms with Gasteiger partial charge in [0.05, 0.1) is 35.3 Å². The molecule has 4 aromatic carbocycles. The number of nitrogens with one attached hydrogen (secondary N) is 2. The number of nitrogen functional groups attached to an aromatic ring is 1. The third-order valence-corrected chi connectivity index (χ3v) is 9.51. The van der Waals surface area contributed by atoms with Crippen molar-refractivity contribution in [2.24, 2.45) is 5.92 Å². The monoisotopic (exact) mass is 705 g/mol. The first-order valence-electron chi connectivity index (χ1n) is 18.1. The van der Waals surface area contributed by atoms with Crippen molar-refractivity contribution in [3.8, 4) is 16.9 Å². The van der Waals surface area contributed by atoms with Gasteiger partial charge < -0.3 is 31.1 Å². The fourth-order valence-electron chi connectivity index (χ4n) is 6.46. The average Bonchev–Trinajstić information content (AvgIpc) is 3.14. The van der Waals surface area contributed by atoms with Gasteiger partial charge in [-0.25, -0.2) is 0 Å². The number of benzene rings is 4. The van der Waals surface area contributed by atoms with Crippen LogP contribution in [0, 0.1) is 5.92 Å². The number of nitrogens with two attached hydrogens (primary N) is 1. The van der Waals surface area contributed by atoms with Crippen LogP contribution in [-0.2, 0) is 16.1 Å². The van der Waals surface area contributed by atoms with Crippen molar-refractivity contribution in [3.05, 3.63) is 108 Å². The normalized spacial score (nSPS) is 16.3. The van der Waals surface area contributed by atoms with Crippen LogP contribution in [0.1, 0.15) is 61.9 Å². The maximum atomic E-state index is 13.9. The smallest absolute Gasteiger partial charge is 0.258 e. The predicted octanol–water partition coefficient (Wildman–Crippen LogP) is 6.82. The highest BCUT2D eigenvalue weighted by molar-refractivity contribution is 6.01. The van der Waals surface area contributed by atoms with E-state index in [2.05, 4.69) is 65.9 Å². The molecule has 4 aromatic rings. The summed E-state index contributed by atoms with van der Waals surface area (Å²) in [6.07, 6.45) is 2.19. The summed E-state index contributed by atoms with van der Waals surface area (Å²) >= 11 is 0. The summed E-state index contributed by atoms with van der Waals surface area (Å²) in [7, 11) is 2.05. The zero-order valence-electron chi connectivity index (χ0n) is 30.4. The Bertz CT molecular complexity index is 1800. The predicted molar refractivity (Wildman–Crippen MR) is 207 cm³/mol. The van der Waals surface area contributed by atoms with Crippen molar-refractivity contribution in [1.29, 1.82) is 0 Å². The molecular formula is C42H51N5O5. The van der Waals surface area contributed by atoms with Crippen LogP contribution in [0.4, 0.5) is 17.1 Å². The number of fused-ring (bicyclic) bond motifs is 1. The molecule has 10 nitrogen and oxygen atoms in total. The highest BCUT2D eigenvalue weighted by Crippen LogP contribution is 2.35. The molecule has 3 atom stereocenters. The fourth-order valence-corrected chi connectivity index (χ4v) is 6.46. The first-order valence-corrected chi connectivity index (χ1v) is 18.1. The van der Waals surface area contributed by atoms with Crippen LogP contribution in [-0.4, -0.2) is 71.5 Å². The van der Waals surface area contributed by atoms with E-state index in [4.69, 9.17) is 10.5 Å². The van der Waals surface area contributed by atoms with Gasteiger partial charge in [0.25, 0.3) is 5.91 Å². The van der Waals surface area contributed by atoms with Crippen LogP contribution >= 0.6 is 0 Å². The first-order chi connectivity index (χ1) is 25.1. The van der Waals surface area contributed by atoms with Crippen molar-refractivity contribution in [2.45, 2.75) is 64.6 Å². The quantitative estimate of drug-likeness (QED) is 0.0788. The van der Waals surface area contributed by atoms with E-state index in [1.807, 2.05) is 37.3 Å². The largest absolute Gasteiger partial charge is 0.486 e. The lowest BCUT2D eigenvalue weighted by Gasteiger charge is -2.38. The molecular weight excluding hydrogens is 654 g/mol. The third kappa shape index (κ3) is 10.2. The van der Waals surface area contributed by atoms with Gasteiger partial charge in [-0.3, -0.25) is 19.3 Å². The molecule has 3 amide bonds. The number of aliphatic hydroxyl groups is 1. The van der Waals surface area contributed by atoms with Crippen LogP contribution in [0.5, 0.6) is 5.75 Å². The SMILES string of the molecule is C[C@H]1CN([C@@H](C)CO)C(=O)c2cccc(NC(=O)CCCCCC(=O)Nc3ccccc3N)c2O[C@@H]1CN(C)Cc1ccc(-c2ccccc2)cc1. The average molecular weight is 706 g/mol. The first kappa shape index (κ1) is 38.1. The zero-order chi connectivity index (χ0) is 37.0. The van der Waals surface area contributed by atoms with Gasteiger partial charge in [0.15, 0.2) is 5.75 Å². The molecule has 0 fully saturated rings. The van der Waals surface area contributed by atoms with E-state index >= 15 is 0 Å². The van der Waals surface area contributed by atoms with Gasteiger partial charge >= 0.3 is 0 Å². The minimum atomic E-state index is -0.396. The number of hydrogen-bond acceptors (Lipinski definition) is 7. The van der Waals surface area contributed by atoms with E-state index in [0.717, 1.165) is 5.56 Å². The molecule has 0 radical (unpaired) electrons. The van der Waals surface area contributed by atoms with Crippen molar-refractivity contribution in [1.82, 2.24) is 9.80 Å². The Balaban J connectivity index is 1.23. The summed E-state index contributed by atoms with van der Waals surface area (Å²) in [5.41, 5.74) is 11.3. The van der Waals surface area contributed by atoms with Crippen molar-refractivity contribution < 1.29 is 24.2 Å². The Kier molecular flexibility index (Phi) is 13.4. The highest BCUT2D eigenvalue weighted by Gasteiger charge is 2.34. The number of nitrogens with zero attached hydrogens (tertiary/aromatic N) is 2. The highest BCUT2D eigenvalue weighted by atomic mass is 16.5. The lowest BCUT2D eigenvalue weighted by molar-refractivity contribution is -0.116. The molecule has 5 N–H and O–H groups in total. The third-order valence-electron chi connectivity index (χ3n) is 9.51. The van der Waals surface area contributed by atoms with Gasteiger partial charge in [-0.1, -0.05) is 86.1 Å². The van der Waals surface area contributed by atoms with Crippen LogP contribution in [0.3, 0.4) is 0 Å². The Morgan fingerprint density at radius 3 is 2.15 bits per heavy atom. The molecule has 1 heterocycles. The number of likely N-dealkylation sites (N-methyl/N-ethyl adjacent to an activating group) is 1. The molecule has 0 aromatic heterocycles. The summed E-state index contributed by atoms with van der Waals surface area (Å²) in [5, 5.41) is 15.9. The molecule has 52 heavy (non-hydrogen) atoms. The number of amides is 3. The maximum Gasteiger partial charge on any atom is 0.258 e. The molecule has 274 valence electrons. The van der Waals surface area contributed by atoms with Crippen LogP contribution < -0.4 is 21.1 Å². The minimum absolute atomic E-state index is 0.0757. The van der Waals surface area contributed by atoms with Gasteiger partial charge in [-0.15, -0.1) is 0 Å². The van der Waals surface area contributed by atoms with E-state index in [1.165, 1.54) is 11.1 Å². The number of para-hydroxylation sites is 3. The van der Waals surface area contributed by atoms with Crippen LogP contribution in [0.15, 0.2) is 97.1 Å². The number of carbonyl (C=O) groups excluding carboxylic acids is 3. The van der Waals surface area contributed by atoms with Gasteiger partial charge in [0.2, 0.25) is 11.8 Å². The number of carbonyl (C=O) groups is 3. The van der Waals surface area contributed by atoms with E-state index in [9.17, 15) is 19.5 Å². The molecule has 10 heteroatoms. The second kappa shape index (κ2) is 18.3. The minimum Gasteiger partial charge on any atom is -0.486 e.